The predicted molar refractivity (Wildman–Crippen MR) is 105 cm³/mol. The third kappa shape index (κ3) is 5.73. The topological polar surface area (TPSA) is 58.2 Å². The highest BCUT2D eigenvalue weighted by molar-refractivity contribution is 5.93. The molecule has 2 aromatic carbocycles. The molecule has 0 atom stereocenters. The van der Waals surface area contributed by atoms with Gasteiger partial charge in [0.2, 0.25) is 11.8 Å². The monoisotopic (exact) mass is 350 g/mol. The van der Waals surface area contributed by atoms with Crippen molar-refractivity contribution in [3.05, 3.63) is 60.2 Å². The van der Waals surface area contributed by atoms with Crippen molar-refractivity contribution in [2.75, 3.05) is 10.6 Å². The Morgan fingerprint density at radius 1 is 0.808 bits per heavy atom. The first-order valence-corrected chi connectivity index (χ1v) is 9.43. The number of anilines is 2. The quantitative estimate of drug-likeness (QED) is 0.755. The highest BCUT2D eigenvalue weighted by Gasteiger charge is 2.18. The van der Waals surface area contributed by atoms with Crippen molar-refractivity contribution in [2.45, 2.75) is 44.9 Å². The van der Waals surface area contributed by atoms with Crippen LogP contribution < -0.4 is 10.6 Å². The summed E-state index contributed by atoms with van der Waals surface area (Å²) in [6.07, 6.45) is 6.61. The fourth-order valence-corrected chi connectivity index (χ4v) is 3.45. The molecule has 136 valence electrons. The number of rotatable bonds is 7. The molecule has 0 bridgehead atoms. The largest absolute Gasteiger partial charge is 0.326 e. The number of hydrogen-bond acceptors (Lipinski definition) is 2. The van der Waals surface area contributed by atoms with Crippen LogP contribution in [0.2, 0.25) is 0 Å². The summed E-state index contributed by atoms with van der Waals surface area (Å²) in [7, 11) is 0. The lowest BCUT2D eigenvalue weighted by molar-refractivity contribution is -0.117. The average molecular weight is 350 g/mol. The summed E-state index contributed by atoms with van der Waals surface area (Å²) >= 11 is 0. The van der Waals surface area contributed by atoms with Gasteiger partial charge in [-0.3, -0.25) is 9.59 Å². The molecule has 0 radical (unpaired) electrons. The standard InChI is InChI=1S/C22H26N2O2/c25-21(15-10-17-6-2-1-3-7-17)23-19-11-13-20(14-12-19)24-22(26)16-18-8-4-5-9-18/h1-3,6-7,11-14,18H,4-5,8-10,15-16H2,(H,23,25)(H,24,26). The van der Waals surface area contributed by atoms with Gasteiger partial charge in [0.15, 0.2) is 0 Å². The molecule has 2 amide bonds. The zero-order valence-corrected chi connectivity index (χ0v) is 15.0. The Kier molecular flexibility index (Phi) is 6.42. The molecule has 0 spiro atoms. The van der Waals surface area contributed by atoms with Gasteiger partial charge in [-0.25, -0.2) is 0 Å². The summed E-state index contributed by atoms with van der Waals surface area (Å²) in [6.45, 7) is 0. The minimum absolute atomic E-state index is 0.00753. The van der Waals surface area contributed by atoms with E-state index < -0.39 is 0 Å². The van der Waals surface area contributed by atoms with Crippen molar-refractivity contribution in [3.63, 3.8) is 0 Å². The minimum atomic E-state index is -0.00753. The van der Waals surface area contributed by atoms with Crippen molar-refractivity contribution >= 4 is 23.2 Å². The van der Waals surface area contributed by atoms with Crippen LogP contribution in [0.25, 0.3) is 0 Å². The van der Waals surface area contributed by atoms with E-state index in [1.165, 1.54) is 25.7 Å². The molecule has 0 aromatic heterocycles. The van der Waals surface area contributed by atoms with Gasteiger partial charge in [-0.2, -0.15) is 0 Å². The van der Waals surface area contributed by atoms with E-state index in [1.54, 1.807) is 0 Å². The fourth-order valence-electron chi connectivity index (χ4n) is 3.45. The number of nitrogens with one attached hydrogen (secondary N) is 2. The van der Waals surface area contributed by atoms with Crippen LogP contribution >= 0.6 is 0 Å². The molecule has 0 unspecified atom stereocenters. The predicted octanol–water partition coefficient (Wildman–Crippen LogP) is 4.78. The van der Waals surface area contributed by atoms with Crippen LogP contribution in [0.15, 0.2) is 54.6 Å². The number of carbonyl (C=O) groups excluding carboxylic acids is 2. The van der Waals surface area contributed by atoms with E-state index in [0.717, 1.165) is 23.4 Å². The number of hydrogen-bond donors (Lipinski definition) is 2. The lowest BCUT2D eigenvalue weighted by Gasteiger charge is -2.10. The van der Waals surface area contributed by atoms with Crippen LogP contribution in [-0.4, -0.2) is 11.8 Å². The normalized spacial score (nSPS) is 14.2. The molecule has 0 saturated heterocycles. The maximum Gasteiger partial charge on any atom is 0.224 e. The summed E-state index contributed by atoms with van der Waals surface area (Å²) in [5.74, 6) is 0.613. The van der Waals surface area contributed by atoms with E-state index in [2.05, 4.69) is 10.6 Å². The summed E-state index contributed by atoms with van der Waals surface area (Å²) in [4.78, 5) is 24.1. The van der Waals surface area contributed by atoms with Crippen LogP contribution in [0.1, 0.15) is 44.1 Å². The van der Waals surface area contributed by atoms with E-state index in [-0.39, 0.29) is 11.8 Å². The van der Waals surface area contributed by atoms with E-state index in [4.69, 9.17) is 0 Å². The zero-order valence-electron chi connectivity index (χ0n) is 15.0. The van der Waals surface area contributed by atoms with E-state index in [9.17, 15) is 9.59 Å². The summed E-state index contributed by atoms with van der Waals surface area (Å²) in [6, 6.07) is 17.3. The van der Waals surface area contributed by atoms with Gasteiger partial charge in [0.25, 0.3) is 0 Å². The Bertz CT molecular complexity index is 720. The number of benzene rings is 2. The van der Waals surface area contributed by atoms with Gasteiger partial charge in [0.05, 0.1) is 0 Å². The molecule has 4 heteroatoms. The van der Waals surface area contributed by atoms with Crippen molar-refractivity contribution in [1.29, 1.82) is 0 Å². The maximum atomic E-state index is 12.1. The Morgan fingerprint density at radius 3 is 2.00 bits per heavy atom. The molecule has 0 aliphatic heterocycles. The molecular weight excluding hydrogens is 324 g/mol. The zero-order chi connectivity index (χ0) is 18.2. The third-order valence-corrected chi connectivity index (χ3v) is 4.88. The molecule has 1 fully saturated rings. The summed E-state index contributed by atoms with van der Waals surface area (Å²) < 4.78 is 0. The fraction of sp³-hybridized carbons (Fsp3) is 0.364. The minimum Gasteiger partial charge on any atom is -0.326 e. The molecule has 1 aliphatic carbocycles. The summed E-state index contributed by atoms with van der Waals surface area (Å²) in [5.41, 5.74) is 2.68. The summed E-state index contributed by atoms with van der Waals surface area (Å²) in [5, 5.41) is 5.84. The smallest absolute Gasteiger partial charge is 0.224 e. The second kappa shape index (κ2) is 9.18. The first-order chi connectivity index (χ1) is 12.7. The first kappa shape index (κ1) is 18.2. The molecule has 0 heterocycles. The molecule has 2 aromatic rings. The highest BCUT2D eigenvalue weighted by Crippen LogP contribution is 2.27. The van der Waals surface area contributed by atoms with Gasteiger partial charge in [0, 0.05) is 24.2 Å². The van der Waals surface area contributed by atoms with E-state index >= 15 is 0 Å². The number of aryl methyl sites for hydroxylation is 1. The van der Waals surface area contributed by atoms with Gasteiger partial charge >= 0.3 is 0 Å². The lowest BCUT2D eigenvalue weighted by atomic mass is 10.0. The third-order valence-electron chi connectivity index (χ3n) is 4.88. The Labute approximate surface area is 155 Å². The highest BCUT2D eigenvalue weighted by atomic mass is 16.2. The van der Waals surface area contributed by atoms with Gasteiger partial charge in [-0.15, -0.1) is 0 Å². The van der Waals surface area contributed by atoms with Crippen LogP contribution in [0.3, 0.4) is 0 Å². The van der Waals surface area contributed by atoms with Crippen molar-refractivity contribution < 1.29 is 9.59 Å². The average Bonchev–Trinajstić information content (AvgIpc) is 3.15. The van der Waals surface area contributed by atoms with Gasteiger partial charge in [-0.1, -0.05) is 43.2 Å². The van der Waals surface area contributed by atoms with Crippen LogP contribution in [0.5, 0.6) is 0 Å². The Hall–Kier alpha value is -2.62. The molecular formula is C22H26N2O2. The number of carbonyl (C=O) groups is 2. The Balaban J connectivity index is 1.43. The van der Waals surface area contributed by atoms with Crippen LogP contribution in [0.4, 0.5) is 11.4 Å². The molecule has 1 aliphatic rings. The van der Waals surface area contributed by atoms with Crippen molar-refractivity contribution in [2.24, 2.45) is 5.92 Å². The molecule has 26 heavy (non-hydrogen) atoms. The second-order valence-corrected chi connectivity index (χ2v) is 7.01. The van der Waals surface area contributed by atoms with Gasteiger partial charge in [-0.05, 0) is 55.0 Å². The second-order valence-electron chi connectivity index (χ2n) is 7.01. The maximum absolute atomic E-state index is 12.1. The SMILES string of the molecule is O=C(CCc1ccccc1)Nc1ccc(NC(=O)CC2CCCC2)cc1. The van der Waals surface area contributed by atoms with Crippen LogP contribution in [-0.2, 0) is 16.0 Å². The van der Waals surface area contributed by atoms with Gasteiger partial charge < -0.3 is 10.6 Å². The number of amides is 2. The Morgan fingerprint density at radius 2 is 1.38 bits per heavy atom. The molecule has 1 saturated carbocycles. The van der Waals surface area contributed by atoms with Crippen LogP contribution in [0, 0.1) is 5.92 Å². The van der Waals surface area contributed by atoms with Gasteiger partial charge in [0.1, 0.15) is 0 Å². The molecule has 4 nitrogen and oxygen atoms in total. The van der Waals surface area contributed by atoms with E-state index in [1.807, 2.05) is 54.6 Å². The lowest BCUT2D eigenvalue weighted by Crippen LogP contribution is -2.15. The van der Waals surface area contributed by atoms with E-state index in [0.29, 0.717) is 18.8 Å². The molecule has 3 rings (SSSR count). The van der Waals surface area contributed by atoms with Crippen molar-refractivity contribution in [1.82, 2.24) is 0 Å². The van der Waals surface area contributed by atoms with Crippen molar-refractivity contribution in [3.8, 4) is 0 Å². The first-order valence-electron chi connectivity index (χ1n) is 9.43. The molecule has 2 N–H and O–H groups in total.